The number of carbonyl (C=O) groups excluding carboxylic acids is 2. The van der Waals surface area contributed by atoms with E-state index in [4.69, 9.17) is 17.5 Å². The third kappa shape index (κ3) is 9.03. The molecule has 0 aromatic heterocycles. The van der Waals surface area contributed by atoms with E-state index < -0.39 is 22.3 Å². The van der Waals surface area contributed by atoms with Crippen LogP contribution in [0.3, 0.4) is 0 Å². The fourth-order valence-electron chi connectivity index (χ4n) is 0.839. The van der Waals surface area contributed by atoms with E-state index in [0.29, 0.717) is 0 Å². The van der Waals surface area contributed by atoms with Crippen molar-refractivity contribution in [1.29, 1.82) is 0 Å². The summed E-state index contributed by atoms with van der Waals surface area (Å²) in [4.78, 5) is 20.6. The number of carboxylic acid groups (broad SMARTS) is 2. The van der Waals surface area contributed by atoms with Gasteiger partial charge in [-0.05, 0) is 0 Å². The van der Waals surface area contributed by atoms with E-state index in [-0.39, 0.29) is 38.4 Å². The van der Waals surface area contributed by atoms with Crippen LogP contribution < -0.4 is 10.2 Å². The van der Waals surface area contributed by atoms with Gasteiger partial charge in [0.05, 0.1) is 11.9 Å². The van der Waals surface area contributed by atoms with Crippen LogP contribution >= 0.6 is 0 Å². The van der Waals surface area contributed by atoms with Crippen molar-refractivity contribution in [3.63, 3.8) is 0 Å². The first-order chi connectivity index (χ1) is 7.63. The summed E-state index contributed by atoms with van der Waals surface area (Å²) in [6.07, 6.45) is 0. The van der Waals surface area contributed by atoms with E-state index in [1.807, 2.05) is 0 Å². The Bertz CT molecular complexity index is 483. The molecule has 0 aliphatic rings. The number of benzene rings is 1. The minimum absolute atomic E-state index is 0. The number of hydrogen-bond donors (Lipinski definition) is 0. The van der Waals surface area contributed by atoms with Crippen LogP contribution in [0.1, 0.15) is 20.7 Å². The van der Waals surface area contributed by atoms with Crippen molar-refractivity contribution in [2.24, 2.45) is 0 Å². The molecule has 0 fully saturated rings. The number of aromatic carboxylic acids is 2. The summed E-state index contributed by atoms with van der Waals surface area (Å²) in [5, 5.41) is 20.6. The molecule has 0 N–H and O–H groups in total. The van der Waals surface area contributed by atoms with Crippen LogP contribution in [-0.4, -0.2) is 56.8 Å². The summed E-state index contributed by atoms with van der Waals surface area (Å²) in [6, 6.07) is 5.14. The summed E-state index contributed by atoms with van der Waals surface area (Å²) >= 11 is 0. The van der Waals surface area contributed by atoms with E-state index >= 15 is 0 Å². The first-order valence-corrected chi connectivity index (χ1v) is 5.14. The summed E-state index contributed by atoms with van der Waals surface area (Å²) in [6.45, 7) is 0. The van der Waals surface area contributed by atoms with Gasteiger partial charge < -0.3 is 28.9 Å². The molecule has 0 saturated heterocycles. The monoisotopic (exact) mass is 468 g/mol. The fourth-order valence-corrected chi connectivity index (χ4v) is 0.839. The minimum Gasteiger partial charge on any atom is -0.759 e. The first-order valence-electron chi connectivity index (χ1n) is 3.81. The zero-order valence-corrected chi connectivity index (χ0v) is 13.2. The number of carbonyl (C=O) groups is 2. The zero-order valence-electron chi connectivity index (χ0n) is 8.48. The Morgan fingerprint density at radius 3 is 1.28 bits per heavy atom. The number of hydrogen-bond acceptors (Lipinski definition) is 8. The van der Waals surface area contributed by atoms with Crippen LogP contribution in [0.15, 0.2) is 24.3 Å². The molecule has 0 aliphatic carbocycles. The van der Waals surface area contributed by atoms with Crippen LogP contribution in [0.5, 0.6) is 0 Å². The van der Waals surface area contributed by atoms with Crippen molar-refractivity contribution in [2.45, 2.75) is 0 Å². The number of carboxylic acids is 2. The van der Waals surface area contributed by atoms with Gasteiger partial charge in [0.15, 0.2) is 0 Å². The Balaban J connectivity index is 0. The molecule has 94 valence electrons. The van der Waals surface area contributed by atoms with Gasteiger partial charge in [0.1, 0.15) is 0 Å². The smallest absolute Gasteiger partial charge is 0.759 e. The molecule has 18 heavy (non-hydrogen) atoms. The fraction of sp³-hybridized carbons (Fsp3) is 0. The second-order valence-electron chi connectivity index (χ2n) is 2.53. The molecular weight excluding hydrogens is 463 g/mol. The molecule has 1 rings (SSSR count). The average molecular weight is 467 g/mol. The van der Waals surface area contributed by atoms with Crippen molar-refractivity contribution in [2.75, 3.05) is 0 Å². The molecule has 0 spiro atoms. The van der Waals surface area contributed by atoms with Gasteiger partial charge >= 0.3 is 27.3 Å². The second kappa shape index (κ2) is 8.12. The Hall–Kier alpha value is -1.05. The van der Waals surface area contributed by atoms with Gasteiger partial charge in [0.2, 0.25) is 0 Å². The van der Waals surface area contributed by atoms with Crippen molar-refractivity contribution >= 4 is 49.6 Å². The van der Waals surface area contributed by atoms with E-state index in [2.05, 4.69) is 0 Å². The molecule has 10 heteroatoms. The van der Waals surface area contributed by atoms with Gasteiger partial charge in [-0.3, -0.25) is 8.42 Å². The average Bonchev–Trinajstić information content (AvgIpc) is 2.15. The number of rotatable bonds is 2. The maximum absolute atomic E-state index is 10.3. The van der Waals surface area contributed by atoms with E-state index in [0.717, 1.165) is 12.1 Å². The molecule has 0 atom stereocenters. The third-order valence-corrected chi connectivity index (χ3v) is 1.37. The predicted molar refractivity (Wildman–Crippen MR) is 51.3 cm³/mol. The molecule has 8 nitrogen and oxygen atoms in total. The summed E-state index contributed by atoms with van der Waals surface area (Å²) in [7, 11) is -5.17. The quantitative estimate of drug-likeness (QED) is 0.248. The summed E-state index contributed by atoms with van der Waals surface area (Å²) in [5.41, 5.74) is -0.727. The largest absolute Gasteiger partial charge is 4.00 e. The maximum atomic E-state index is 10.3. The van der Waals surface area contributed by atoms with Gasteiger partial charge in [-0.2, -0.15) is 0 Å². The zero-order chi connectivity index (χ0) is 13.6. The van der Waals surface area contributed by atoms with Crippen LogP contribution in [-0.2, 0) is 10.4 Å². The first kappa shape index (κ1) is 19.3. The van der Waals surface area contributed by atoms with Gasteiger partial charge in [-0.15, -0.1) is 0 Å². The predicted octanol–water partition coefficient (Wildman–Crippen LogP) is -3.31. The Kier molecular flexibility index (Phi) is 8.71. The van der Waals surface area contributed by atoms with Crippen molar-refractivity contribution in [3.05, 3.63) is 35.4 Å². The maximum Gasteiger partial charge on any atom is 4.00 e. The topological polar surface area (TPSA) is 161 Å². The molecule has 0 unspecified atom stereocenters. The van der Waals surface area contributed by atoms with Crippen LogP contribution in [0, 0.1) is 0 Å². The SMILES string of the molecule is O=C([O-])c1ccccc1C(=O)[O-].O=S(=O)([O-])[O-].[Pb+4]. The van der Waals surface area contributed by atoms with Gasteiger partial charge in [0.25, 0.3) is 0 Å². The Morgan fingerprint density at radius 2 is 1.11 bits per heavy atom. The molecule has 0 saturated carbocycles. The molecular formula is C8H4O8PbS. The Morgan fingerprint density at radius 1 is 0.889 bits per heavy atom. The Labute approximate surface area is 122 Å². The normalized spacial score (nSPS) is 9.44. The molecule has 0 radical (unpaired) electrons. The van der Waals surface area contributed by atoms with Crippen LogP contribution in [0.2, 0.25) is 0 Å². The van der Waals surface area contributed by atoms with Crippen molar-refractivity contribution < 1.29 is 37.3 Å². The minimum atomic E-state index is -5.17. The third-order valence-electron chi connectivity index (χ3n) is 1.37. The van der Waals surface area contributed by atoms with Crippen LogP contribution in [0.4, 0.5) is 0 Å². The standard InChI is InChI=1S/C8H6O4.H2O4S.Pb/c9-7(10)5-3-1-2-4-6(5)8(11)12;1-5(2,3)4;/h1-4H,(H,9,10)(H,11,12);(H2,1,2,3,4);/q;;+4/p-4. The molecule has 0 aliphatic heterocycles. The molecule has 0 amide bonds. The summed E-state index contributed by atoms with van der Waals surface area (Å²) in [5.74, 6) is -3.04. The van der Waals surface area contributed by atoms with Gasteiger partial charge in [-0.25, -0.2) is 0 Å². The van der Waals surface area contributed by atoms with Gasteiger partial charge in [0, 0.05) is 21.5 Å². The van der Waals surface area contributed by atoms with Crippen molar-refractivity contribution in [1.82, 2.24) is 0 Å². The van der Waals surface area contributed by atoms with Crippen molar-refractivity contribution in [3.8, 4) is 0 Å². The molecule has 0 bridgehead atoms. The van der Waals surface area contributed by atoms with Gasteiger partial charge in [-0.1, -0.05) is 24.3 Å². The summed E-state index contributed by atoms with van der Waals surface area (Å²) < 4.78 is 34.1. The van der Waals surface area contributed by atoms with E-state index in [9.17, 15) is 19.8 Å². The molecule has 0 heterocycles. The van der Waals surface area contributed by atoms with E-state index in [1.54, 1.807) is 0 Å². The molecule has 1 aromatic rings. The second-order valence-corrected chi connectivity index (χ2v) is 3.35. The van der Waals surface area contributed by atoms with E-state index in [1.165, 1.54) is 12.1 Å². The van der Waals surface area contributed by atoms with Crippen LogP contribution in [0.25, 0.3) is 0 Å². The molecule has 1 aromatic carbocycles.